The van der Waals surface area contributed by atoms with Gasteiger partial charge < -0.3 is 4.52 Å². The first-order valence-electron chi connectivity index (χ1n) is 7.19. The normalized spacial score (nSPS) is 10.8. The molecule has 0 spiro atoms. The quantitative estimate of drug-likeness (QED) is 0.579. The molecule has 0 amide bonds. The van der Waals surface area contributed by atoms with Gasteiger partial charge >= 0.3 is 0 Å². The maximum absolute atomic E-state index is 5.39. The molecule has 0 fully saturated rings. The highest BCUT2D eigenvalue weighted by Gasteiger charge is 2.11. The van der Waals surface area contributed by atoms with E-state index in [4.69, 9.17) is 4.52 Å². The van der Waals surface area contributed by atoms with E-state index in [1.165, 1.54) is 0 Å². The lowest BCUT2D eigenvalue weighted by molar-refractivity contribution is 0.432. The Bertz CT molecular complexity index is 900. The van der Waals surface area contributed by atoms with E-state index in [0.29, 0.717) is 18.3 Å². The number of rotatable bonds is 4. The summed E-state index contributed by atoms with van der Waals surface area (Å²) in [6.45, 7) is 0.701. The zero-order valence-electron chi connectivity index (χ0n) is 12.2. The summed E-state index contributed by atoms with van der Waals surface area (Å²) in [7, 11) is 0. The molecule has 0 N–H and O–H groups in total. The van der Waals surface area contributed by atoms with Crippen molar-refractivity contribution in [3.05, 3.63) is 72.8 Å². The molecule has 112 valence electrons. The fourth-order valence-corrected chi connectivity index (χ4v) is 2.34. The van der Waals surface area contributed by atoms with Gasteiger partial charge in [-0.3, -0.25) is 9.67 Å². The van der Waals surface area contributed by atoms with Crippen LogP contribution in [0.1, 0.15) is 5.56 Å². The Hall–Kier alpha value is -3.28. The van der Waals surface area contributed by atoms with Crippen molar-refractivity contribution in [1.82, 2.24) is 24.9 Å². The first-order chi connectivity index (χ1) is 11.4. The van der Waals surface area contributed by atoms with E-state index in [-0.39, 0.29) is 0 Å². The number of aromatic nitrogens is 5. The van der Waals surface area contributed by atoms with Crippen molar-refractivity contribution in [2.45, 2.75) is 6.54 Å². The summed E-state index contributed by atoms with van der Waals surface area (Å²) in [6, 6.07) is 13.6. The van der Waals surface area contributed by atoms with Crippen LogP contribution in [0.5, 0.6) is 0 Å². The third kappa shape index (κ3) is 2.87. The van der Waals surface area contributed by atoms with Crippen molar-refractivity contribution >= 4 is 0 Å². The van der Waals surface area contributed by atoms with Crippen LogP contribution in [0.25, 0.3) is 22.8 Å². The fourth-order valence-electron chi connectivity index (χ4n) is 2.34. The summed E-state index contributed by atoms with van der Waals surface area (Å²) in [5, 5.41) is 8.25. The molecule has 6 nitrogen and oxygen atoms in total. The zero-order chi connectivity index (χ0) is 15.5. The van der Waals surface area contributed by atoms with Gasteiger partial charge in [-0.1, -0.05) is 17.3 Å². The van der Waals surface area contributed by atoms with Crippen molar-refractivity contribution in [3.8, 4) is 22.8 Å². The van der Waals surface area contributed by atoms with E-state index in [1.54, 1.807) is 18.6 Å². The molecule has 1 aromatic carbocycles. The molecule has 0 bridgehead atoms. The summed E-state index contributed by atoms with van der Waals surface area (Å²) in [5.74, 6) is 1.05. The number of nitrogens with zero attached hydrogens (tertiary/aromatic N) is 5. The second-order valence-corrected chi connectivity index (χ2v) is 5.06. The highest BCUT2D eigenvalue weighted by molar-refractivity contribution is 5.59. The highest BCUT2D eigenvalue weighted by Crippen LogP contribution is 2.22. The maximum Gasteiger partial charge on any atom is 0.258 e. The minimum Gasteiger partial charge on any atom is -0.334 e. The first-order valence-corrected chi connectivity index (χ1v) is 7.19. The van der Waals surface area contributed by atoms with Gasteiger partial charge in [-0.05, 0) is 35.9 Å². The SMILES string of the molecule is c1cc(Cn2cccn2)cc(-c2nc(-c3ccncc3)no2)c1. The van der Waals surface area contributed by atoms with Gasteiger partial charge in [0.1, 0.15) is 0 Å². The molecule has 0 aliphatic rings. The average Bonchev–Trinajstić information content (AvgIpc) is 3.28. The molecule has 4 rings (SSSR count). The molecular weight excluding hydrogens is 290 g/mol. The van der Waals surface area contributed by atoms with E-state index < -0.39 is 0 Å². The van der Waals surface area contributed by atoms with Crippen LogP contribution in [0.3, 0.4) is 0 Å². The predicted molar refractivity (Wildman–Crippen MR) is 84.3 cm³/mol. The standard InChI is InChI=1S/C17H13N5O/c1-3-13(12-22-10-2-7-19-22)11-15(4-1)17-20-16(21-23-17)14-5-8-18-9-6-14/h1-11H,12H2. The number of pyridine rings is 1. The molecule has 0 saturated heterocycles. The molecule has 23 heavy (non-hydrogen) atoms. The maximum atomic E-state index is 5.39. The number of hydrogen-bond acceptors (Lipinski definition) is 5. The van der Waals surface area contributed by atoms with Gasteiger partial charge in [0.25, 0.3) is 5.89 Å². The molecule has 0 atom stereocenters. The topological polar surface area (TPSA) is 69.6 Å². The van der Waals surface area contributed by atoms with Crippen LogP contribution >= 0.6 is 0 Å². The minimum absolute atomic E-state index is 0.499. The van der Waals surface area contributed by atoms with Crippen LogP contribution < -0.4 is 0 Å². The summed E-state index contributed by atoms with van der Waals surface area (Å²) < 4.78 is 7.26. The minimum atomic E-state index is 0.499. The summed E-state index contributed by atoms with van der Waals surface area (Å²) >= 11 is 0. The van der Waals surface area contributed by atoms with Gasteiger partial charge in [-0.15, -0.1) is 0 Å². The van der Waals surface area contributed by atoms with Crippen LogP contribution in [-0.2, 0) is 6.54 Å². The Labute approximate surface area is 132 Å². The van der Waals surface area contributed by atoms with Gasteiger partial charge in [0.05, 0.1) is 6.54 Å². The number of benzene rings is 1. The predicted octanol–water partition coefficient (Wildman–Crippen LogP) is 3.04. The molecule has 4 aromatic rings. The van der Waals surface area contributed by atoms with Crippen LogP contribution in [0, 0.1) is 0 Å². The van der Waals surface area contributed by atoms with Crippen molar-refractivity contribution in [2.75, 3.05) is 0 Å². The van der Waals surface area contributed by atoms with Gasteiger partial charge in [-0.2, -0.15) is 10.1 Å². The van der Waals surface area contributed by atoms with Gasteiger partial charge in [0.15, 0.2) is 0 Å². The molecule has 0 aliphatic carbocycles. The molecule has 3 aromatic heterocycles. The van der Waals surface area contributed by atoms with Crippen molar-refractivity contribution in [1.29, 1.82) is 0 Å². The van der Waals surface area contributed by atoms with Crippen LogP contribution in [0.4, 0.5) is 0 Å². The van der Waals surface area contributed by atoms with Crippen molar-refractivity contribution in [3.63, 3.8) is 0 Å². The van der Waals surface area contributed by atoms with Gasteiger partial charge in [0.2, 0.25) is 5.82 Å². The van der Waals surface area contributed by atoms with Crippen molar-refractivity contribution < 1.29 is 4.52 Å². The smallest absolute Gasteiger partial charge is 0.258 e. The summed E-state index contributed by atoms with van der Waals surface area (Å²) in [5.41, 5.74) is 2.89. The van der Waals surface area contributed by atoms with Gasteiger partial charge in [-0.25, -0.2) is 0 Å². The van der Waals surface area contributed by atoms with E-state index in [2.05, 4.69) is 20.2 Å². The van der Waals surface area contributed by atoms with Crippen molar-refractivity contribution in [2.24, 2.45) is 0 Å². The van der Waals surface area contributed by atoms with Gasteiger partial charge in [0, 0.05) is 35.9 Å². The lowest BCUT2D eigenvalue weighted by Crippen LogP contribution is -1.99. The second-order valence-electron chi connectivity index (χ2n) is 5.06. The molecule has 0 saturated carbocycles. The zero-order valence-corrected chi connectivity index (χ0v) is 12.2. The molecule has 0 aliphatic heterocycles. The van der Waals surface area contributed by atoms with E-state index in [9.17, 15) is 0 Å². The molecule has 0 radical (unpaired) electrons. The Morgan fingerprint density at radius 1 is 0.957 bits per heavy atom. The lowest BCUT2D eigenvalue weighted by atomic mass is 10.1. The second kappa shape index (κ2) is 5.84. The third-order valence-electron chi connectivity index (χ3n) is 3.44. The van der Waals surface area contributed by atoms with Crippen LogP contribution in [0.15, 0.2) is 71.8 Å². The Kier molecular flexibility index (Phi) is 3.40. The molecule has 0 unspecified atom stereocenters. The first kappa shape index (κ1) is 13.4. The summed E-state index contributed by atoms with van der Waals surface area (Å²) in [6.07, 6.45) is 7.11. The summed E-state index contributed by atoms with van der Waals surface area (Å²) in [4.78, 5) is 8.45. The molecule has 6 heteroatoms. The molecule has 3 heterocycles. The fraction of sp³-hybridized carbons (Fsp3) is 0.0588. The Morgan fingerprint density at radius 3 is 2.70 bits per heavy atom. The Morgan fingerprint density at radius 2 is 1.87 bits per heavy atom. The van der Waals surface area contributed by atoms with E-state index >= 15 is 0 Å². The average molecular weight is 303 g/mol. The third-order valence-corrected chi connectivity index (χ3v) is 3.44. The number of hydrogen-bond donors (Lipinski definition) is 0. The van der Waals surface area contributed by atoms with Crippen LogP contribution in [-0.4, -0.2) is 24.9 Å². The largest absolute Gasteiger partial charge is 0.334 e. The highest BCUT2D eigenvalue weighted by atomic mass is 16.5. The monoisotopic (exact) mass is 303 g/mol. The lowest BCUT2D eigenvalue weighted by Gasteiger charge is -2.03. The Balaban J connectivity index is 1.62. The van der Waals surface area contributed by atoms with E-state index in [0.717, 1.165) is 16.7 Å². The van der Waals surface area contributed by atoms with Crippen LogP contribution in [0.2, 0.25) is 0 Å². The molecular formula is C17H13N5O. The van der Waals surface area contributed by atoms with E-state index in [1.807, 2.05) is 53.3 Å².